The highest BCUT2D eigenvalue weighted by molar-refractivity contribution is 5.92. The standard InChI is InChI=1S/C29H43N3O4/c1-29(2)35-19-26(36-29)28(34)31(18-20-7-4-3-5-8-20)13-14-32-24-11-12-25(32)17-23(16-24)21-9-6-10-22(15-21)27(30)33/h6,9-10,15,20,23-26H,3-5,7-8,11-14,16-19H2,1-2H3,(H2,30,33)/t23-,24+,25-,26-/m0/s1. The Morgan fingerprint density at radius 2 is 1.81 bits per heavy atom. The molecule has 0 spiro atoms. The zero-order chi connectivity index (χ0) is 25.3. The lowest BCUT2D eigenvalue weighted by Crippen LogP contribution is -2.50. The average molecular weight is 498 g/mol. The summed E-state index contributed by atoms with van der Waals surface area (Å²) in [5.74, 6) is 0.0999. The number of carbonyl (C=O) groups is 2. The van der Waals surface area contributed by atoms with Crippen molar-refractivity contribution in [3.8, 4) is 0 Å². The van der Waals surface area contributed by atoms with Gasteiger partial charge in [-0.3, -0.25) is 14.5 Å². The minimum atomic E-state index is -0.691. The van der Waals surface area contributed by atoms with Crippen LogP contribution in [0, 0.1) is 5.92 Å². The molecule has 3 aliphatic heterocycles. The largest absolute Gasteiger partial charge is 0.366 e. The monoisotopic (exact) mass is 497 g/mol. The highest BCUT2D eigenvalue weighted by Crippen LogP contribution is 2.43. The van der Waals surface area contributed by atoms with E-state index in [1.165, 1.54) is 50.5 Å². The summed E-state index contributed by atoms with van der Waals surface area (Å²) in [5, 5.41) is 0. The number of hydrogen-bond donors (Lipinski definition) is 1. The van der Waals surface area contributed by atoms with Crippen molar-refractivity contribution >= 4 is 11.8 Å². The molecule has 0 radical (unpaired) electrons. The van der Waals surface area contributed by atoms with Crippen molar-refractivity contribution in [2.75, 3.05) is 26.2 Å². The lowest BCUT2D eigenvalue weighted by molar-refractivity contribution is -0.161. The number of hydrogen-bond acceptors (Lipinski definition) is 5. The van der Waals surface area contributed by atoms with E-state index in [1.807, 2.05) is 26.0 Å². The second kappa shape index (κ2) is 10.8. The van der Waals surface area contributed by atoms with Crippen LogP contribution in [0.5, 0.6) is 0 Å². The van der Waals surface area contributed by atoms with Gasteiger partial charge in [-0.15, -0.1) is 0 Å². The van der Waals surface area contributed by atoms with Crippen LogP contribution < -0.4 is 5.73 Å². The van der Waals surface area contributed by atoms with Gasteiger partial charge in [0.15, 0.2) is 11.9 Å². The number of ether oxygens (including phenoxy) is 2. The van der Waals surface area contributed by atoms with Crippen LogP contribution in [-0.4, -0.2) is 71.8 Å². The van der Waals surface area contributed by atoms with Gasteiger partial charge in [0.25, 0.3) is 5.91 Å². The minimum Gasteiger partial charge on any atom is -0.366 e. The van der Waals surface area contributed by atoms with Gasteiger partial charge in [0.05, 0.1) is 6.61 Å². The number of piperidine rings is 1. The third-order valence-electron chi connectivity index (χ3n) is 8.95. The van der Waals surface area contributed by atoms with E-state index in [1.54, 1.807) is 6.07 Å². The molecule has 2 N–H and O–H groups in total. The van der Waals surface area contributed by atoms with Crippen molar-refractivity contribution in [2.24, 2.45) is 11.7 Å². The van der Waals surface area contributed by atoms with Gasteiger partial charge >= 0.3 is 0 Å². The van der Waals surface area contributed by atoms with Crippen LogP contribution >= 0.6 is 0 Å². The summed E-state index contributed by atoms with van der Waals surface area (Å²) in [6, 6.07) is 8.94. The Morgan fingerprint density at radius 1 is 1.08 bits per heavy atom. The quantitative estimate of drug-likeness (QED) is 0.586. The van der Waals surface area contributed by atoms with Crippen LogP contribution in [0.2, 0.25) is 0 Å². The third-order valence-corrected chi connectivity index (χ3v) is 8.95. The Labute approximate surface area is 215 Å². The number of rotatable bonds is 8. The molecule has 1 aromatic rings. The first kappa shape index (κ1) is 25.7. The normalized spacial score (nSPS) is 30.4. The van der Waals surface area contributed by atoms with E-state index in [-0.39, 0.29) is 11.8 Å². The fraction of sp³-hybridized carbons (Fsp3) is 0.724. The molecule has 3 saturated heterocycles. The summed E-state index contributed by atoms with van der Waals surface area (Å²) < 4.78 is 11.7. The number of carbonyl (C=O) groups excluding carboxylic acids is 2. The van der Waals surface area contributed by atoms with Gasteiger partial charge in [0, 0.05) is 37.3 Å². The molecule has 1 aromatic carbocycles. The Kier molecular flexibility index (Phi) is 7.70. The highest BCUT2D eigenvalue weighted by Gasteiger charge is 2.43. The molecular formula is C29H43N3O4. The van der Waals surface area contributed by atoms with Gasteiger partial charge < -0.3 is 20.1 Å². The highest BCUT2D eigenvalue weighted by atomic mass is 16.7. The molecule has 7 heteroatoms. The number of fused-ring (bicyclic) bond motifs is 2. The Bertz CT molecular complexity index is 930. The van der Waals surface area contributed by atoms with E-state index in [0.29, 0.717) is 36.1 Å². The van der Waals surface area contributed by atoms with Crippen LogP contribution in [-0.2, 0) is 14.3 Å². The van der Waals surface area contributed by atoms with Crippen molar-refractivity contribution in [2.45, 2.75) is 102 Å². The first-order chi connectivity index (χ1) is 17.3. The molecule has 4 aliphatic rings. The van der Waals surface area contributed by atoms with E-state index in [4.69, 9.17) is 15.2 Å². The summed E-state index contributed by atoms with van der Waals surface area (Å²) >= 11 is 0. The van der Waals surface area contributed by atoms with Gasteiger partial charge in [0.2, 0.25) is 5.91 Å². The first-order valence-corrected chi connectivity index (χ1v) is 14.0. The van der Waals surface area contributed by atoms with Crippen LogP contribution in [0.25, 0.3) is 0 Å². The SMILES string of the molecule is CC1(C)OC[C@@H](C(=O)N(CCN2[C@@H]3CC[C@H]2C[C@@H](c2cccc(C(N)=O)c2)C3)CC2CCCCC2)O1. The van der Waals surface area contributed by atoms with Gasteiger partial charge in [0.1, 0.15) is 0 Å². The Morgan fingerprint density at radius 3 is 2.44 bits per heavy atom. The summed E-state index contributed by atoms with van der Waals surface area (Å²) in [4.78, 5) is 30.0. The molecule has 0 aromatic heterocycles. The number of primary amides is 1. The molecule has 3 heterocycles. The van der Waals surface area contributed by atoms with Crippen molar-refractivity contribution in [3.63, 3.8) is 0 Å². The predicted octanol–water partition coefficient (Wildman–Crippen LogP) is 4.06. The number of nitrogens with zero attached hydrogens (tertiary/aromatic N) is 2. The summed E-state index contributed by atoms with van der Waals surface area (Å²) in [6.07, 6.45) is 10.4. The maximum atomic E-state index is 13.5. The summed E-state index contributed by atoms with van der Waals surface area (Å²) in [7, 11) is 0. The van der Waals surface area contributed by atoms with Crippen molar-refractivity contribution < 1.29 is 19.1 Å². The molecule has 0 unspecified atom stereocenters. The average Bonchev–Trinajstić information content (AvgIpc) is 3.35. The van der Waals surface area contributed by atoms with Crippen LogP contribution in [0.4, 0.5) is 0 Å². The van der Waals surface area contributed by atoms with Crippen LogP contribution in [0.15, 0.2) is 24.3 Å². The van der Waals surface area contributed by atoms with Gasteiger partial charge in [-0.2, -0.15) is 0 Å². The predicted molar refractivity (Wildman–Crippen MR) is 139 cm³/mol. The maximum Gasteiger partial charge on any atom is 0.254 e. The zero-order valence-corrected chi connectivity index (χ0v) is 22.0. The van der Waals surface area contributed by atoms with E-state index in [9.17, 15) is 9.59 Å². The summed E-state index contributed by atoms with van der Waals surface area (Å²) in [6.45, 7) is 6.61. The molecule has 198 valence electrons. The second-order valence-electron chi connectivity index (χ2n) is 11.9. The molecule has 5 rings (SSSR count). The molecule has 2 amide bonds. The molecule has 1 aliphatic carbocycles. The maximum absolute atomic E-state index is 13.5. The summed E-state index contributed by atoms with van der Waals surface area (Å²) in [5.41, 5.74) is 7.36. The van der Waals surface area contributed by atoms with E-state index in [0.717, 1.165) is 32.5 Å². The Hall–Kier alpha value is -1.96. The first-order valence-electron chi connectivity index (χ1n) is 14.0. The van der Waals surface area contributed by atoms with Gasteiger partial charge in [-0.1, -0.05) is 31.4 Å². The molecule has 4 atom stereocenters. The smallest absolute Gasteiger partial charge is 0.254 e. The molecular weight excluding hydrogens is 454 g/mol. The van der Waals surface area contributed by atoms with E-state index >= 15 is 0 Å². The Balaban J connectivity index is 1.23. The molecule has 36 heavy (non-hydrogen) atoms. The van der Waals surface area contributed by atoms with Crippen molar-refractivity contribution in [1.29, 1.82) is 0 Å². The van der Waals surface area contributed by atoms with Crippen LogP contribution in [0.3, 0.4) is 0 Å². The fourth-order valence-electron chi connectivity index (χ4n) is 7.08. The lowest BCUT2D eigenvalue weighted by Gasteiger charge is -2.41. The zero-order valence-electron chi connectivity index (χ0n) is 22.0. The molecule has 2 bridgehead atoms. The molecule has 4 fully saturated rings. The molecule has 7 nitrogen and oxygen atoms in total. The number of nitrogens with two attached hydrogens (primary N) is 1. The minimum absolute atomic E-state index is 0.0941. The van der Waals surface area contributed by atoms with Crippen molar-refractivity contribution in [3.05, 3.63) is 35.4 Å². The third kappa shape index (κ3) is 5.79. The topological polar surface area (TPSA) is 85.1 Å². The van der Waals surface area contributed by atoms with Gasteiger partial charge in [-0.25, -0.2) is 0 Å². The van der Waals surface area contributed by atoms with Crippen molar-refractivity contribution in [1.82, 2.24) is 9.80 Å². The van der Waals surface area contributed by atoms with E-state index in [2.05, 4.69) is 15.9 Å². The van der Waals surface area contributed by atoms with Gasteiger partial charge in [-0.05, 0) is 81.9 Å². The molecule has 1 saturated carbocycles. The van der Waals surface area contributed by atoms with Crippen LogP contribution in [0.1, 0.15) is 93.5 Å². The second-order valence-corrected chi connectivity index (χ2v) is 11.9. The number of amides is 2. The number of benzene rings is 1. The van der Waals surface area contributed by atoms with E-state index < -0.39 is 11.9 Å². The lowest BCUT2D eigenvalue weighted by atomic mass is 9.84. The fourth-order valence-corrected chi connectivity index (χ4v) is 7.08.